The number of carbonyl (C=O) groups is 1. The highest BCUT2D eigenvalue weighted by atomic mass is 16.6. The van der Waals surface area contributed by atoms with Crippen molar-refractivity contribution in [1.82, 2.24) is 14.7 Å². The van der Waals surface area contributed by atoms with Crippen molar-refractivity contribution in [3.8, 4) is 0 Å². The molecule has 2 rings (SSSR count). The number of piperazine rings is 1. The number of hydrogen-bond donors (Lipinski definition) is 0. The Morgan fingerprint density at radius 2 is 1.90 bits per heavy atom. The highest BCUT2D eigenvalue weighted by Crippen LogP contribution is 2.26. The van der Waals surface area contributed by atoms with Crippen LogP contribution in [0.1, 0.15) is 41.0 Å². The summed E-state index contributed by atoms with van der Waals surface area (Å²) in [7, 11) is 2.19. The third kappa shape index (κ3) is 3.69. The fraction of sp³-hybridized carbons (Fsp3) is 0.938. The molecule has 2 aliphatic rings. The van der Waals surface area contributed by atoms with Gasteiger partial charge in [0, 0.05) is 37.3 Å². The van der Waals surface area contributed by atoms with Gasteiger partial charge < -0.3 is 9.64 Å². The molecule has 2 fully saturated rings. The minimum absolute atomic E-state index is 0.134. The number of carbonyl (C=O) groups excluding carboxylic acids is 1. The van der Waals surface area contributed by atoms with E-state index in [-0.39, 0.29) is 23.2 Å². The normalized spacial score (nSPS) is 24.4. The van der Waals surface area contributed by atoms with Crippen molar-refractivity contribution in [2.75, 3.05) is 39.8 Å². The van der Waals surface area contributed by atoms with Crippen LogP contribution < -0.4 is 0 Å². The molecule has 0 aliphatic carbocycles. The van der Waals surface area contributed by atoms with Crippen molar-refractivity contribution in [3.63, 3.8) is 0 Å². The zero-order chi connectivity index (χ0) is 15.8. The molecule has 1 amide bonds. The number of rotatable bonds is 4. The lowest BCUT2D eigenvalue weighted by Crippen LogP contribution is -2.59. The van der Waals surface area contributed by atoms with E-state index < -0.39 is 0 Å². The first-order chi connectivity index (χ1) is 9.61. The smallest absolute Gasteiger partial charge is 0.410 e. The first-order valence-corrected chi connectivity index (χ1v) is 8.01. The van der Waals surface area contributed by atoms with Gasteiger partial charge in [0.1, 0.15) is 6.61 Å². The quantitative estimate of drug-likeness (QED) is 0.795. The molecule has 2 aliphatic heterocycles. The molecule has 5 heteroatoms. The molecular weight excluding hydrogens is 266 g/mol. The third-order valence-electron chi connectivity index (χ3n) is 5.18. The van der Waals surface area contributed by atoms with E-state index in [2.05, 4.69) is 51.5 Å². The number of cyclic esters (lactones) is 1. The van der Waals surface area contributed by atoms with E-state index in [4.69, 9.17) is 4.74 Å². The Kier molecular flexibility index (Phi) is 4.54. The van der Waals surface area contributed by atoms with Crippen LogP contribution in [0.2, 0.25) is 0 Å². The Labute approximate surface area is 129 Å². The van der Waals surface area contributed by atoms with Gasteiger partial charge in [0.2, 0.25) is 0 Å². The van der Waals surface area contributed by atoms with Crippen molar-refractivity contribution in [3.05, 3.63) is 0 Å². The fourth-order valence-electron chi connectivity index (χ4n) is 2.97. The second-order valence-electron chi connectivity index (χ2n) is 8.02. The molecule has 0 saturated carbocycles. The van der Waals surface area contributed by atoms with Gasteiger partial charge >= 0.3 is 6.09 Å². The van der Waals surface area contributed by atoms with Crippen LogP contribution in [0.15, 0.2) is 0 Å². The number of nitrogens with zero attached hydrogens (tertiary/aromatic N) is 3. The summed E-state index contributed by atoms with van der Waals surface area (Å²) in [4.78, 5) is 18.4. The molecule has 5 nitrogen and oxygen atoms in total. The molecule has 0 aromatic carbocycles. The number of hydrogen-bond acceptors (Lipinski definition) is 4. The monoisotopic (exact) mass is 297 g/mol. The summed E-state index contributed by atoms with van der Waals surface area (Å²) in [5.74, 6) is 0. The number of ether oxygens (including phenoxy) is 1. The zero-order valence-electron chi connectivity index (χ0n) is 14.5. The van der Waals surface area contributed by atoms with E-state index >= 15 is 0 Å². The molecule has 0 spiro atoms. The Bertz CT molecular complexity index is 389. The first-order valence-electron chi connectivity index (χ1n) is 8.01. The van der Waals surface area contributed by atoms with Gasteiger partial charge in [-0.1, -0.05) is 0 Å². The average molecular weight is 297 g/mol. The Morgan fingerprint density at radius 3 is 2.52 bits per heavy atom. The minimum atomic E-state index is -0.134. The molecule has 0 radical (unpaired) electrons. The van der Waals surface area contributed by atoms with E-state index in [0.717, 1.165) is 32.6 Å². The van der Waals surface area contributed by atoms with Gasteiger partial charge in [0.25, 0.3) is 0 Å². The maximum absolute atomic E-state index is 11.6. The molecule has 0 aromatic rings. The number of amides is 1. The molecule has 1 atom stereocenters. The van der Waals surface area contributed by atoms with Gasteiger partial charge in [0.05, 0.1) is 6.04 Å². The second-order valence-corrected chi connectivity index (χ2v) is 8.02. The van der Waals surface area contributed by atoms with Crippen LogP contribution >= 0.6 is 0 Å². The predicted molar refractivity (Wildman–Crippen MR) is 84.5 cm³/mol. The molecule has 0 N–H and O–H groups in total. The number of fused-ring (bicyclic) bond motifs is 1. The third-order valence-corrected chi connectivity index (χ3v) is 5.18. The van der Waals surface area contributed by atoms with Crippen LogP contribution in [-0.2, 0) is 4.74 Å². The molecule has 21 heavy (non-hydrogen) atoms. The summed E-state index contributed by atoms with van der Waals surface area (Å²) in [6, 6.07) is 0.242. The van der Waals surface area contributed by atoms with Gasteiger partial charge in [-0.25, -0.2) is 4.79 Å². The van der Waals surface area contributed by atoms with Crippen molar-refractivity contribution in [1.29, 1.82) is 0 Å². The van der Waals surface area contributed by atoms with Crippen LogP contribution in [0.5, 0.6) is 0 Å². The van der Waals surface area contributed by atoms with E-state index in [9.17, 15) is 4.79 Å². The maximum atomic E-state index is 11.6. The van der Waals surface area contributed by atoms with Crippen molar-refractivity contribution >= 4 is 6.09 Å². The minimum Gasteiger partial charge on any atom is -0.447 e. The Hall–Kier alpha value is -0.810. The van der Waals surface area contributed by atoms with Gasteiger partial charge in [-0.15, -0.1) is 0 Å². The lowest BCUT2D eigenvalue weighted by atomic mass is 9.94. The van der Waals surface area contributed by atoms with E-state index in [0.29, 0.717) is 6.61 Å². The van der Waals surface area contributed by atoms with Crippen LogP contribution in [-0.4, -0.2) is 77.7 Å². The van der Waals surface area contributed by atoms with Crippen LogP contribution in [0.3, 0.4) is 0 Å². The summed E-state index contributed by atoms with van der Waals surface area (Å²) in [5, 5.41) is 0. The highest BCUT2D eigenvalue weighted by Gasteiger charge is 2.41. The summed E-state index contributed by atoms with van der Waals surface area (Å²) in [6.07, 6.45) is 0.993. The molecule has 2 heterocycles. The standard InChI is InChI=1S/C16H31N3O2/c1-15(2,3)17(6)8-7-16(4,5)18-9-10-19-13(11-18)12-21-14(19)20/h13H,7-12H2,1-6H3. The van der Waals surface area contributed by atoms with Gasteiger partial charge in [0.15, 0.2) is 0 Å². The summed E-state index contributed by atoms with van der Waals surface area (Å²) >= 11 is 0. The van der Waals surface area contributed by atoms with Crippen LogP contribution in [0.4, 0.5) is 4.79 Å². The molecule has 2 saturated heterocycles. The molecule has 0 aromatic heterocycles. The average Bonchev–Trinajstić information content (AvgIpc) is 2.76. The van der Waals surface area contributed by atoms with E-state index in [1.165, 1.54) is 0 Å². The fourth-order valence-corrected chi connectivity index (χ4v) is 2.97. The first kappa shape index (κ1) is 16.6. The molecule has 1 unspecified atom stereocenters. The van der Waals surface area contributed by atoms with Gasteiger partial charge in [-0.05, 0) is 48.1 Å². The van der Waals surface area contributed by atoms with Crippen molar-refractivity contribution < 1.29 is 9.53 Å². The van der Waals surface area contributed by atoms with Gasteiger partial charge in [-0.2, -0.15) is 0 Å². The highest BCUT2D eigenvalue weighted by molar-refractivity contribution is 5.70. The Balaban J connectivity index is 1.90. The second kappa shape index (κ2) is 5.76. The predicted octanol–water partition coefficient (Wildman–Crippen LogP) is 2.02. The molecular formula is C16H31N3O2. The molecule has 122 valence electrons. The zero-order valence-corrected chi connectivity index (χ0v) is 14.5. The van der Waals surface area contributed by atoms with Crippen molar-refractivity contribution in [2.45, 2.75) is 58.2 Å². The van der Waals surface area contributed by atoms with Crippen LogP contribution in [0.25, 0.3) is 0 Å². The largest absolute Gasteiger partial charge is 0.447 e. The summed E-state index contributed by atoms with van der Waals surface area (Å²) in [5.41, 5.74) is 0.359. The van der Waals surface area contributed by atoms with E-state index in [1.54, 1.807) is 0 Å². The lowest BCUT2D eigenvalue weighted by Gasteiger charge is -2.46. The topological polar surface area (TPSA) is 36.0 Å². The SMILES string of the molecule is CN(CCC(C)(C)N1CCN2C(=O)OCC2C1)C(C)(C)C. The van der Waals surface area contributed by atoms with E-state index in [1.807, 2.05) is 4.90 Å². The van der Waals surface area contributed by atoms with Crippen molar-refractivity contribution in [2.24, 2.45) is 0 Å². The molecule has 0 bridgehead atoms. The van der Waals surface area contributed by atoms with Crippen LogP contribution in [0, 0.1) is 0 Å². The summed E-state index contributed by atoms with van der Waals surface area (Å²) < 4.78 is 5.16. The lowest BCUT2D eigenvalue weighted by molar-refractivity contribution is 0.0308. The van der Waals surface area contributed by atoms with Gasteiger partial charge in [-0.3, -0.25) is 9.80 Å². The Morgan fingerprint density at radius 1 is 1.24 bits per heavy atom. The maximum Gasteiger partial charge on any atom is 0.410 e. The summed E-state index contributed by atoms with van der Waals surface area (Å²) in [6.45, 7) is 15.7.